The van der Waals surface area contributed by atoms with Crippen LogP contribution in [0.1, 0.15) is 23.6 Å². The van der Waals surface area contributed by atoms with E-state index in [0.29, 0.717) is 16.7 Å². The fraction of sp³-hybridized carbons (Fsp3) is 0.192. The zero-order valence-corrected chi connectivity index (χ0v) is 17.9. The van der Waals surface area contributed by atoms with Crippen molar-refractivity contribution in [1.82, 2.24) is 0 Å². The van der Waals surface area contributed by atoms with Crippen molar-refractivity contribution in [3.63, 3.8) is 0 Å². The molecule has 0 aliphatic rings. The second-order valence-corrected chi connectivity index (χ2v) is 7.93. The molecule has 0 saturated heterocycles. The summed E-state index contributed by atoms with van der Waals surface area (Å²) in [7, 11) is 0. The SMILES string of the molecule is CC(CN=Cc1ccccc1O)(C(=N)Cc1ccccc1O)C(=N)Cc1ccccc1O. The summed E-state index contributed by atoms with van der Waals surface area (Å²) in [5, 5.41) is 47.9. The van der Waals surface area contributed by atoms with Crippen molar-refractivity contribution < 1.29 is 15.3 Å². The van der Waals surface area contributed by atoms with Gasteiger partial charge in [-0.2, -0.15) is 0 Å². The second-order valence-electron chi connectivity index (χ2n) is 7.93. The van der Waals surface area contributed by atoms with Crippen molar-refractivity contribution in [3.05, 3.63) is 89.5 Å². The Morgan fingerprint density at radius 2 is 1.19 bits per heavy atom. The van der Waals surface area contributed by atoms with Gasteiger partial charge >= 0.3 is 0 Å². The Labute approximate surface area is 187 Å². The zero-order chi connectivity index (χ0) is 23.1. The van der Waals surface area contributed by atoms with E-state index in [0.717, 1.165) is 0 Å². The summed E-state index contributed by atoms with van der Waals surface area (Å²) >= 11 is 0. The quantitative estimate of drug-likeness (QED) is 0.316. The molecule has 0 radical (unpaired) electrons. The predicted molar refractivity (Wildman–Crippen MR) is 128 cm³/mol. The highest BCUT2D eigenvalue weighted by atomic mass is 16.3. The summed E-state index contributed by atoms with van der Waals surface area (Å²) in [4.78, 5) is 4.45. The molecule has 5 N–H and O–H groups in total. The van der Waals surface area contributed by atoms with E-state index < -0.39 is 5.41 Å². The Hall–Kier alpha value is -3.93. The lowest BCUT2D eigenvalue weighted by Crippen LogP contribution is -2.40. The first-order chi connectivity index (χ1) is 15.3. The first kappa shape index (κ1) is 22.7. The minimum Gasteiger partial charge on any atom is -0.508 e. The van der Waals surface area contributed by atoms with Gasteiger partial charge in [0.2, 0.25) is 0 Å². The van der Waals surface area contributed by atoms with Crippen molar-refractivity contribution in [2.24, 2.45) is 10.4 Å². The molecular weight excluding hydrogens is 402 g/mol. The van der Waals surface area contributed by atoms with Gasteiger partial charge < -0.3 is 26.1 Å². The summed E-state index contributed by atoms with van der Waals surface area (Å²) in [5.74, 6) is 0.306. The number of nitrogens with zero attached hydrogens (tertiary/aromatic N) is 1. The molecule has 0 aliphatic carbocycles. The number of hydrogen-bond acceptors (Lipinski definition) is 6. The molecule has 3 rings (SSSR count). The van der Waals surface area contributed by atoms with Crippen molar-refractivity contribution >= 4 is 17.6 Å². The molecule has 0 saturated carbocycles. The number of phenols is 3. The maximum absolute atomic E-state index is 10.1. The van der Waals surface area contributed by atoms with Crippen LogP contribution in [0.25, 0.3) is 0 Å². The van der Waals surface area contributed by atoms with E-state index in [1.807, 2.05) is 0 Å². The maximum atomic E-state index is 10.1. The number of hydrogen-bond donors (Lipinski definition) is 5. The fourth-order valence-corrected chi connectivity index (χ4v) is 3.39. The van der Waals surface area contributed by atoms with Crippen molar-refractivity contribution in [3.8, 4) is 17.2 Å². The fourth-order valence-electron chi connectivity index (χ4n) is 3.39. The van der Waals surface area contributed by atoms with Crippen molar-refractivity contribution in [2.75, 3.05) is 6.54 Å². The first-order valence-corrected chi connectivity index (χ1v) is 10.3. The lowest BCUT2D eigenvalue weighted by atomic mass is 9.75. The Morgan fingerprint density at radius 3 is 1.66 bits per heavy atom. The average Bonchev–Trinajstić information content (AvgIpc) is 2.78. The van der Waals surface area contributed by atoms with Crippen LogP contribution in [0.2, 0.25) is 0 Å². The van der Waals surface area contributed by atoms with Crippen LogP contribution in [0.4, 0.5) is 0 Å². The Balaban J connectivity index is 1.89. The maximum Gasteiger partial charge on any atom is 0.124 e. The van der Waals surface area contributed by atoms with Gasteiger partial charge in [-0.15, -0.1) is 0 Å². The van der Waals surface area contributed by atoms with E-state index in [9.17, 15) is 15.3 Å². The number of nitrogens with one attached hydrogen (secondary N) is 2. The predicted octanol–water partition coefficient (Wildman–Crippen LogP) is 4.75. The van der Waals surface area contributed by atoms with Crippen LogP contribution in [-0.4, -0.2) is 39.5 Å². The van der Waals surface area contributed by atoms with Crippen LogP contribution in [0.5, 0.6) is 17.2 Å². The number of benzene rings is 3. The molecule has 0 spiro atoms. The van der Waals surface area contributed by atoms with E-state index in [4.69, 9.17) is 10.8 Å². The highest BCUT2D eigenvalue weighted by Gasteiger charge is 2.35. The van der Waals surface area contributed by atoms with E-state index in [2.05, 4.69) is 4.99 Å². The monoisotopic (exact) mass is 429 g/mol. The van der Waals surface area contributed by atoms with Gasteiger partial charge in [-0.1, -0.05) is 48.5 Å². The summed E-state index contributed by atoms with van der Waals surface area (Å²) < 4.78 is 0. The van der Waals surface area contributed by atoms with Gasteiger partial charge in [-0.05, 0) is 42.3 Å². The number of rotatable bonds is 9. The molecule has 6 nitrogen and oxygen atoms in total. The normalized spacial score (nSPS) is 13.0. The van der Waals surface area contributed by atoms with E-state index in [1.54, 1.807) is 79.7 Å². The average molecular weight is 430 g/mol. The number of para-hydroxylation sites is 3. The molecule has 6 heteroatoms. The molecule has 3 aromatic rings. The molecule has 0 fully saturated rings. The number of phenolic OH excluding ortho intramolecular Hbond substituents is 3. The smallest absolute Gasteiger partial charge is 0.124 e. The Morgan fingerprint density at radius 1 is 0.750 bits per heavy atom. The largest absolute Gasteiger partial charge is 0.508 e. The van der Waals surface area contributed by atoms with Gasteiger partial charge in [0.25, 0.3) is 0 Å². The molecule has 3 aromatic carbocycles. The van der Waals surface area contributed by atoms with Gasteiger partial charge in [0.1, 0.15) is 17.2 Å². The second kappa shape index (κ2) is 9.92. The van der Waals surface area contributed by atoms with Gasteiger partial charge in [0, 0.05) is 36.0 Å². The summed E-state index contributed by atoms with van der Waals surface area (Å²) in [5.41, 5.74) is 1.16. The highest BCUT2D eigenvalue weighted by molar-refractivity contribution is 6.11. The molecule has 0 amide bonds. The summed E-state index contributed by atoms with van der Waals surface area (Å²) in [6.45, 7) is 1.89. The lowest BCUT2D eigenvalue weighted by Gasteiger charge is -2.30. The van der Waals surface area contributed by atoms with Crippen LogP contribution >= 0.6 is 0 Å². The highest BCUT2D eigenvalue weighted by Crippen LogP contribution is 2.29. The van der Waals surface area contributed by atoms with Gasteiger partial charge in [0.15, 0.2) is 0 Å². The molecule has 32 heavy (non-hydrogen) atoms. The molecule has 0 atom stereocenters. The minimum atomic E-state index is -1.05. The molecule has 0 heterocycles. The lowest BCUT2D eigenvalue weighted by molar-refractivity contribution is 0.469. The van der Waals surface area contributed by atoms with Crippen molar-refractivity contribution in [2.45, 2.75) is 19.8 Å². The third kappa shape index (κ3) is 5.21. The van der Waals surface area contributed by atoms with Crippen LogP contribution in [0.3, 0.4) is 0 Å². The number of aromatic hydroxyl groups is 3. The van der Waals surface area contributed by atoms with Crippen LogP contribution < -0.4 is 0 Å². The molecular formula is C26H27N3O3. The van der Waals surface area contributed by atoms with E-state index >= 15 is 0 Å². The Bertz CT molecular complexity index is 1090. The first-order valence-electron chi connectivity index (χ1n) is 10.3. The standard InChI is InChI=1S/C26H27N3O3/c1-26(17-29-16-20-10-4-7-13-23(20)32,24(27)14-18-8-2-5-11-21(18)30)25(28)15-19-9-3-6-12-22(19)31/h2-13,16,27-28,30-32H,14-15,17H2,1H3. The molecule has 164 valence electrons. The minimum absolute atomic E-state index is 0.101. The molecule has 0 unspecified atom stereocenters. The molecule has 0 bridgehead atoms. The molecule has 0 aromatic heterocycles. The summed E-state index contributed by atoms with van der Waals surface area (Å²) in [6, 6.07) is 20.5. The zero-order valence-electron chi connectivity index (χ0n) is 17.9. The third-order valence-corrected chi connectivity index (χ3v) is 5.62. The van der Waals surface area contributed by atoms with Crippen molar-refractivity contribution in [1.29, 1.82) is 10.8 Å². The van der Waals surface area contributed by atoms with Gasteiger partial charge in [0.05, 0.1) is 12.0 Å². The van der Waals surface area contributed by atoms with Gasteiger partial charge in [-0.25, -0.2) is 0 Å². The van der Waals surface area contributed by atoms with E-state index in [-0.39, 0.29) is 48.1 Å². The molecule has 0 aliphatic heterocycles. The van der Waals surface area contributed by atoms with Gasteiger partial charge in [-0.3, -0.25) is 4.99 Å². The number of aliphatic imine (C=N–C) groups is 1. The van der Waals surface area contributed by atoms with Crippen LogP contribution in [0.15, 0.2) is 77.8 Å². The topological polar surface area (TPSA) is 121 Å². The van der Waals surface area contributed by atoms with E-state index in [1.165, 1.54) is 6.21 Å². The Kier molecular flexibility index (Phi) is 7.05. The van der Waals surface area contributed by atoms with Crippen LogP contribution in [0, 0.1) is 16.2 Å². The summed E-state index contributed by atoms with van der Waals surface area (Å²) in [6.07, 6.45) is 1.87. The third-order valence-electron chi connectivity index (χ3n) is 5.62. The van der Waals surface area contributed by atoms with Crippen LogP contribution in [-0.2, 0) is 12.8 Å².